The summed E-state index contributed by atoms with van der Waals surface area (Å²) < 4.78 is 28.8. The molecule has 0 aliphatic rings. The lowest BCUT2D eigenvalue weighted by Gasteiger charge is -2.31. The van der Waals surface area contributed by atoms with Crippen molar-refractivity contribution in [2.75, 3.05) is 11.9 Å². The molecule has 0 bridgehead atoms. The van der Waals surface area contributed by atoms with E-state index >= 15 is 0 Å². The molecule has 0 saturated carbocycles. The summed E-state index contributed by atoms with van der Waals surface area (Å²) in [7, 11) is 0. The van der Waals surface area contributed by atoms with Gasteiger partial charge in [0.25, 0.3) is 0 Å². The molecule has 0 saturated heterocycles. The molecule has 0 aliphatic heterocycles. The zero-order valence-corrected chi connectivity index (χ0v) is 13.3. The van der Waals surface area contributed by atoms with Crippen molar-refractivity contribution in [3.8, 4) is 0 Å². The molecule has 1 atom stereocenters. The van der Waals surface area contributed by atoms with Crippen molar-refractivity contribution in [1.29, 1.82) is 0 Å². The van der Waals surface area contributed by atoms with E-state index in [-0.39, 0.29) is 17.7 Å². The maximum atomic E-state index is 14.2. The van der Waals surface area contributed by atoms with Gasteiger partial charge in [-0.3, -0.25) is 0 Å². The highest BCUT2D eigenvalue weighted by atomic mass is 79.9. The number of anilines is 1. The molecule has 2 N–H and O–H groups in total. The lowest BCUT2D eigenvalue weighted by atomic mass is 9.91. The number of halogens is 3. The van der Waals surface area contributed by atoms with Crippen molar-refractivity contribution >= 4 is 21.6 Å². The van der Waals surface area contributed by atoms with Gasteiger partial charge in [-0.05, 0) is 49.7 Å². The highest BCUT2D eigenvalue weighted by Gasteiger charge is 2.30. The Labute approximate surface area is 130 Å². The molecule has 2 nitrogen and oxygen atoms in total. The minimum Gasteiger partial charge on any atom is -0.394 e. The maximum absolute atomic E-state index is 14.2. The van der Waals surface area contributed by atoms with Crippen molar-refractivity contribution in [1.82, 2.24) is 0 Å². The van der Waals surface area contributed by atoms with Crippen molar-refractivity contribution in [2.45, 2.75) is 19.4 Å². The average molecular weight is 356 g/mol. The van der Waals surface area contributed by atoms with Crippen LogP contribution in [0.5, 0.6) is 0 Å². The van der Waals surface area contributed by atoms with Crippen LogP contribution >= 0.6 is 15.9 Å². The van der Waals surface area contributed by atoms with E-state index in [1.807, 2.05) is 12.1 Å². The lowest BCUT2D eigenvalue weighted by molar-refractivity contribution is 0.220. The molecule has 0 aliphatic carbocycles. The summed E-state index contributed by atoms with van der Waals surface area (Å²) in [5.41, 5.74) is -0.104. The number of rotatable bonds is 4. The van der Waals surface area contributed by atoms with Crippen molar-refractivity contribution in [3.63, 3.8) is 0 Å². The zero-order chi connectivity index (χ0) is 15.6. The second-order valence-corrected chi connectivity index (χ2v) is 6.12. The van der Waals surface area contributed by atoms with Crippen LogP contribution in [-0.4, -0.2) is 11.7 Å². The quantitative estimate of drug-likeness (QED) is 0.854. The predicted octanol–water partition coefficient (Wildman–Crippen LogP) is 4.36. The largest absolute Gasteiger partial charge is 0.394 e. The third-order valence-corrected chi connectivity index (χ3v) is 3.90. The molecule has 21 heavy (non-hydrogen) atoms. The van der Waals surface area contributed by atoms with Crippen LogP contribution in [0, 0.1) is 18.6 Å². The molecule has 2 rings (SSSR count). The molecular formula is C16H16BrF2NO. The first-order valence-electron chi connectivity index (χ1n) is 6.46. The van der Waals surface area contributed by atoms with Crippen LogP contribution in [0.3, 0.4) is 0 Å². The minimum atomic E-state index is -1.13. The first-order valence-corrected chi connectivity index (χ1v) is 7.26. The summed E-state index contributed by atoms with van der Waals surface area (Å²) in [6.07, 6.45) is 0. The highest BCUT2D eigenvalue weighted by Crippen LogP contribution is 2.30. The van der Waals surface area contributed by atoms with Gasteiger partial charge in [-0.1, -0.05) is 22.0 Å². The molecule has 0 fully saturated rings. The molecule has 1 unspecified atom stereocenters. The number of aliphatic hydroxyl groups excluding tert-OH is 1. The number of nitrogens with one attached hydrogen (secondary N) is 1. The van der Waals surface area contributed by atoms with Gasteiger partial charge in [0.15, 0.2) is 0 Å². The van der Waals surface area contributed by atoms with E-state index in [0.717, 1.165) is 16.6 Å². The second-order valence-electron chi connectivity index (χ2n) is 5.21. The minimum absolute atomic E-state index is 0.0908. The Hall–Kier alpha value is -1.46. The van der Waals surface area contributed by atoms with Gasteiger partial charge in [-0.15, -0.1) is 0 Å². The van der Waals surface area contributed by atoms with Gasteiger partial charge >= 0.3 is 0 Å². The van der Waals surface area contributed by atoms with Crippen LogP contribution in [0.15, 0.2) is 40.9 Å². The topological polar surface area (TPSA) is 32.3 Å². The summed E-state index contributed by atoms with van der Waals surface area (Å²) in [6, 6.07) is 9.54. The Kier molecular flexibility index (Phi) is 4.64. The van der Waals surface area contributed by atoms with E-state index in [9.17, 15) is 13.9 Å². The van der Waals surface area contributed by atoms with Crippen LogP contribution < -0.4 is 5.32 Å². The van der Waals surface area contributed by atoms with Gasteiger partial charge in [-0.25, -0.2) is 8.78 Å². The Bertz CT molecular complexity index is 663. The first-order chi connectivity index (χ1) is 9.85. The van der Waals surface area contributed by atoms with Crippen LogP contribution in [0.2, 0.25) is 0 Å². The molecule has 112 valence electrons. The third-order valence-electron chi connectivity index (χ3n) is 3.40. The van der Waals surface area contributed by atoms with Crippen molar-refractivity contribution in [2.24, 2.45) is 0 Å². The number of hydrogen-bond acceptors (Lipinski definition) is 2. The smallest absolute Gasteiger partial charge is 0.129 e. The zero-order valence-electron chi connectivity index (χ0n) is 11.8. The second kappa shape index (κ2) is 6.12. The summed E-state index contributed by atoms with van der Waals surface area (Å²) in [4.78, 5) is 0. The summed E-state index contributed by atoms with van der Waals surface area (Å²) >= 11 is 3.35. The van der Waals surface area contributed by atoms with Gasteiger partial charge in [0.2, 0.25) is 0 Å². The van der Waals surface area contributed by atoms with E-state index in [1.165, 1.54) is 6.92 Å². The number of aryl methyl sites for hydroxylation is 1. The van der Waals surface area contributed by atoms with Gasteiger partial charge in [0, 0.05) is 15.7 Å². The molecule has 0 amide bonds. The summed E-state index contributed by atoms with van der Waals surface area (Å²) in [5, 5.41) is 12.8. The predicted molar refractivity (Wildman–Crippen MR) is 83.3 cm³/mol. The van der Waals surface area contributed by atoms with Crippen LogP contribution in [-0.2, 0) is 5.54 Å². The van der Waals surface area contributed by atoms with Gasteiger partial charge in [0.05, 0.1) is 12.1 Å². The van der Waals surface area contributed by atoms with Crippen LogP contribution in [0.25, 0.3) is 0 Å². The van der Waals surface area contributed by atoms with E-state index in [2.05, 4.69) is 21.2 Å². The average Bonchev–Trinajstić information content (AvgIpc) is 2.42. The Morgan fingerprint density at radius 3 is 2.52 bits per heavy atom. The van der Waals surface area contributed by atoms with Gasteiger partial charge < -0.3 is 10.4 Å². The first kappa shape index (κ1) is 15.9. The van der Waals surface area contributed by atoms with Crippen LogP contribution in [0.4, 0.5) is 14.5 Å². The van der Waals surface area contributed by atoms with E-state index < -0.39 is 17.2 Å². The molecule has 0 aromatic heterocycles. The molecule has 0 radical (unpaired) electrons. The fraction of sp³-hybridized carbons (Fsp3) is 0.250. The number of aliphatic hydroxyl groups is 1. The molecule has 2 aromatic rings. The van der Waals surface area contributed by atoms with Gasteiger partial charge in [-0.2, -0.15) is 0 Å². The number of benzene rings is 2. The summed E-state index contributed by atoms with van der Waals surface area (Å²) in [6.45, 7) is 2.75. The Morgan fingerprint density at radius 2 is 1.90 bits per heavy atom. The fourth-order valence-corrected chi connectivity index (χ4v) is 2.55. The SMILES string of the molecule is Cc1cc(F)c(C(C)(CO)Nc2cccc(Br)c2)cc1F. The Morgan fingerprint density at radius 1 is 1.19 bits per heavy atom. The van der Waals surface area contributed by atoms with Crippen LogP contribution in [0.1, 0.15) is 18.1 Å². The third kappa shape index (κ3) is 3.41. The molecular weight excluding hydrogens is 340 g/mol. The van der Waals surface area contributed by atoms with Crippen molar-refractivity contribution in [3.05, 3.63) is 63.6 Å². The summed E-state index contributed by atoms with van der Waals surface area (Å²) in [5.74, 6) is -1.05. The maximum Gasteiger partial charge on any atom is 0.129 e. The van der Waals surface area contributed by atoms with Crippen molar-refractivity contribution < 1.29 is 13.9 Å². The molecule has 0 heterocycles. The van der Waals surface area contributed by atoms with E-state index in [4.69, 9.17) is 0 Å². The Balaban J connectivity index is 2.44. The standard InChI is InChI=1S/C16H16BrF2NO/c1-10-6-15(19)13(8-14(10)18)16(2,9-21)20-12-5-3-4-11(17)7-12/h3-8,20-21H,9H2,1-2H3. The van der Waals surface area contributed by atoms with E-state index in [0.29, 0.717) is 5.69 Å². The molecule has 0 spiro atoms. The molecule has 5 heteroatoms. The molecule has 2 aromatic carbocycles. The van der Waals surface area contributed by atoms with E-state index in [1.54, 1.807) is 19.1 Å². The van der Waals surface area contributed by atoms with Gasteiger partial charge in [0.1, 0.15) is 11.6 Å². The highest BCUT2D eigenvalue weighted by molar-refractivity contribution is 9.10. The number of hydrogen-bond donors (Lipinski definition) is 2. The normalized spacial score (nSPS) is 13.8. The lowest BCUT2D eigenvalue weighted by Crippen LogP contribution is -2.37. The monoisotopic (exact) mass is 355 g/mol. The fourth-order valence-electron chi connectivity index (χ4n) is 2.15.